The highest BCUT2D eigenvalue weighted by Crippen LogP contribution is 2.37. The van der Waals surface area contributed by atoms with Gasteiger partial charge in [0, 0.05) is 0 Å². The molecule has 0 aromatic heterocycles. The molecule has 0 saturated carbocycles. The number of nitrogens with zero attached hydrogens (tertiary/aromatic N) is 1. The number of thioether (sulfide) groups is 1. The van der Waals surface area contributed by atoms with Crippen LogP contribution in [0.2, 0.25) is 5.02 Å². The van der Waals surface area contributed by atoms with Gasteiger partial charge in [-0.1, -0.05) is 17.5 Å². The van der Waals surface area contributed by atoms with Crippen LogP contribution in [0.3, 0.4) is 0 Å². The first-order valence-electron chi connectivity index (χ1n) is 6.36. The lowest BCUT2D eigenvalue weighted by Crippen LogP contribution is -2.28. The van der Waals surface area contributed by atoms with E-state index in [-0.39, 0.29) is 22.2 Å². The summed E-state index contributed by atoms with van der Waals surface area (Å²) in [5.41, 5.74) is 0.542. The van der Waals surface area contributed by atoms with Gasteiger partial charge in [0.25, 0.3) is 11.1 Å². The number of carbonyl (C=O) groups excluding carboxylic acids is 2. The van der Waals surface area contributed by atoms with Gasteiger partial charge in [0.15, 0.2) is 12.4 Å². The lowest BCUT2D eigenvalue weighted by Gasteiger charge is -2.09. The summed E-state index contributed by atoms with van der Waals surface area (Å²) in [7, 11) is 0. The molecule has 0 radical (unpaired) electrons. The zero-order valence-corrected chi connectivity index (χ0v) is 15.1. The standard InChI is InChI=1S/C15H9BrClNO5S/c1-2-3-18-14(21)11(24-15(18)22)6-8-4-9(16)13(10(17)5-8)23-7-12(19)20/h1,4-6H,3,7H2,(H,19,20)/b11-6-. The number of amides is 2. The molecule has 0 spiro atoms. The van der Waals surface area contributed by atoms with Gasteiger partial charge in [0.1, 0.15) is 0 Å². The third-order valence-corrected chi connectivity index (χ3v) is 4.56. The molecule has 124 valence electrons. The van der Waals surface area contributed by atoms with Crippen molar-refractivity contribution in [2.75, 3.05) is 13.2 Å². The van der Waals surface area contributed by atoms with Crippen LogP contribution in [-0.4, -0.2) is 40.3 Å². The molecule has 24 heavy (non-hydrogen) atoms. The molecular formula is C15H9BrClNO5S. The average Bonchev–Trinajstić information content (AvgIpc) is 2.74. The number of halogens is 2. The Morgan fingerprint density at radius 2 is 2.21 bits per heavy atom. The highest BCUT2D eigenvalue weighted by molar-refractivity contribution is 9.10. The second kappa shape index (κ2) is 7.75. The van der Waals surface area contributed by atoms with Crippen molar-refractivity contribution < 1.29 is 24.2 Å². The summed E-state index contributed by atoms with van der Waals surface area (Å²) in [6, 6.07) is 3.09. The minimum atomic E-state index is -1.13. The van der Waals surface area contributed by atoms with Crippen molar-refractivity contribution in [1.29, 1.82) is 0 Å². The summed E-state index contributed by atoms with van der Waals surface area (Å²) in [4.78, 5) is 35.6. The van der Waals surface area contributed by atoms with Gasteiger partial charge in [-0.05, 0) is 51.5 Å². The minimum Gasteiger partial charge on any atom is -0.479 e. The highest BCUT2D eigenvalue weighted by Gasteiger charge is 2.34. The lowest BCUT2D eigenvalue weighted by molar-refractivity contribution is -0.139. The molecule has 9 heteroatoms. The zero-order chi connectivity index (χ0) is 17.9. The van der Waals surface area contributed by atoms with Crippen LogP contribution in [0.15, 0.2) is 21.5 Å². The van der Waals surface area contributed by atoms with Crippen molar-refractivity contribution in [3.63, 3.8) is 0 Å². The van der Waals surface area contributed by atoms with E-state index in [2.05, 4.69) is 21.9 Å². The topological polar surface area (TPSA) is 83.9 Å². The predicted octanol–water partition coefficient (Wildman–Crippen LogP) is 3.24. The van der Waals surface area contributed by atoms with E-state index >= 15 is 0 Å². The molecule has 0 unspecified atom stereocenters. The number of carboxylic acids is 1. The van der Waals surface area contributed by atoms with E-state index in [0.29, 0.717) is 10.0 Å². The summed E-state index contributed by atoms with van der Waals surface area (Å²) in [5, 5.41) is 8.37. The summed E-state index contributed by atoms with van der Waals surface area (Å²) in [5.74, 6) is 0.826. The van der Waals surface area contributed by atoms with Crippen molar-refractivity contribution >= 4 is 62.5 Å². The Kier molecular flexibility index (Phi) is 5.94. The molecule has 0 aliphatic carbocycles. The minimum absolute atomic E-state index is 0.0889. The highest BCUT2D eigenvalue weighted by atomic mass is 79.9. The van der Waals surface area contributed by atoms with Crippen molar-refractivity contribution in [3.8, 4) is 18.1 Å². The zero-order valence-electron chi connectivity index (χ0n) is 11.9. The monoisotopic (exact) mass is 429 g/mol. The van der Waals surface area contributed by atoms with Crippen molar-refractivity contribution in [3.05, 3.63) is 32.1 Å². The van der Waals surface area contributed by atoms with Crippen LogP contribution in [0.25, 0.3) is 6.08 Å². The molecule has 1 aromatic carbocycles. The summed E-state index contributed by atoms with van der Waals surface area (Å²) < 4.78 is 5.51. The molecule has 6 nitrogen and oxygen atoms in total. The molecule has 1 saturated heterocycles. The quantitative estimate of drug-likeness (QED) is 0.570. The van der Waals surface area contributed by atoms with E-state index in [1.54, 1.807) is 6.07 Å². The maximum Gasteiger partial charge on any atom is 0.341 e. The van der Waals surface area contributed by atoms with Crippen molar-refractivity contribution in [1.82, 2.24) is 4.90 Å². The largest absolute Gasteiger partial charge is 0.479 e. The molecule has 2 rings (SSSR count). The summed E-state index contributed by atoms with van der Waals surface area (Å²) >= 11 is 10.1. The van der Waals surface area contributed by atoms with E-state index in [4.69, 9.17) is 27.9 Å². The number of imide groups is 1. The van der Waals surface area contributed by atoms with Gasteiger partial charge in [-0.2, -0.15) is 0 Å². The number of terminal acetylenes is 1. The van der Waals surface area contributed by atoms with Gasteiger partial charge in [-0.25, -0.2) is 4.79 Å². The van der Waals surface area contributed by atoms with E-state index < -0.39 is 23.7 Å². The smallest absolute Gasteiger partial charge is 0.341 e. The molecule has 1 fully saturated rings. The molecule has 0 atom stereocenters. The summed E-state index contributed by atoms with van der Waals surface area (Å²) in [6.07, 6.45) is 6.63. The van der Waals surface area contributed by atoms with E-state index in [1.165, 1.54) is 12.1 Å². The molecule has 1 aromatic rings. The molecule has 1 aliphatic heterocycles. The molecule has 1 heterocycles. The third kappa shape index (κ3) is 4.12. The van der Waals surface area contributed by atoms with Crippen molar-refractivity contribution in [2.45, 2.75) is 0 Å². The van der Waals surface area contributed by atoms with Crippen LogP contribution in [0.5, 0.6) is 5.75 Å². The maximum absolute atomic E-state index is 12.1. The molecule has 0 bridgehead atoms. The molecular weight excluding hydrogens is 422 g/mol. The Morgan fingerprint density at radius 3 is 2.79 bits per heavy atom. The Labute approximate surface area is 154 Å². The second-order valence-corrected chi connectivity index (χ2v) is 6.72. The first-order chi connectivity index (χ1) is 11.3. The van der Waals surface area contributed by atoms with Crippen LogP contribution >= 0.6 is 39.3 Å². The fourth-order valence-corrected chi connectivity index (χ4v) is 3.64. The molecule has 2 amide bonds. The first kappa shape index (κ1) is 18.4. The Bertz CT molecular complexity index is 779. The van der Waals surface area contributed by atoms with Gasteiger partial charge >= 0.3 is 5.97 Å². The number of carboxylic acid groups (broad SMARTS) is 1. The SMILES string of the molecule is C#CCN1C(=O)S/C(=C\c2cc(Cl)c(OCC(=O)O)c(Br)c2)C1=O. The normalized spacial score (nSPS) is 15.7. The van der Waals surface area contributed by atoms with Gasteiger partial charge in [0.05, 0.1) is 20.9 Å². The van der Waals surface area contributed by atoms with E-state index in [9.17, 15) is 14.4 Å². The number of benzene rings is 1. The number of carbonyl (C=O) groups is 3. The number of rotatable bonds is 5. The fraction of sp³-hybridized carbons (Fsp3) is 0.133. The van der Waals surface area contributed by atoms with Crippen LogP contribution < -0.4 is 4.74 Å². The Balaban J connectivity index is 2.28. The maximum atomic E-state index is 12.1. The van der Waals surface area contributed by atoms with E-state index in [1.807, 2.05) is 0 Å². The average molecular weight is 431 g/mol. The van der Waals surface area contributed by atoms with Crippen LogP contribution in [0.4, 0.5) is 4.79 Å². The number of hydrogen-bond acceptors (Lipinski definition) is 5. The fourth-order valence-electron chi connectivity index (χ4n) is 1.81. The van der Waals surface area contributed by atoms with Crippen LogP contribution in [0.1, 0.15) is 5.56 Å². The van der Waals surface area contributed by atoms with Gasteiger partial charge in [-0.3, -0.25) is 14.5 Å². The first-order valence-corrected chi connectivity index (χ1v) is 8.34. The predicted molar refractivity (Wildman–Crippen MR) is 93.8 cm³/mol. The molecule has 1 aliphatic rings. The van der Waals surface area contributed by atoms with Crippen LogP contribution in [-0.2, 0) is 9.59 Å². The number of hydrogen-bond donors (Lipinski definition) is 1. The van der Waals surface area contributed by atoms with Crippen molar-refractivity contribution in [2.24, 2.45) is 0 Å². The Hall–Kier alpha value is -1.95. The number of aliphatic carboxylic acids is 1. The lowest BCUT2D eigenvalue weighted by atomic mass is 10.2. The molecule has 1 N–H and O–H groups in total. The van der Waals surface area contributed by atoms with E-state index in [0.717, 1.165) is 16.7 Å². The third-order valence-electron chi connectivity index (χ3n) is 2.78. The van der Waals surface area contributed by atoms with Gasteiger partial charge < -0.3 is 9.84 Å². The second-order valence-electron chi connectivity index (χ2n) is 4.47. The van der Waals surface area contributed by atoms with Crippen LogP contribution in [0, 0.1) is 12.3 Å². The van der Waals surface area contributed by atoms with Gasteiger partial charge in [-0.15, -0.1) is 6.42 Å². The van der Waals surface area contributed by atoms with Gasteiger partial charge in [0.2, 0.25) is 0 Å². The Morgan fingerprint density at radius 1 is 1.50 bits per heavy atom. The summed E-state index contributed by atoms with van der Waals surface area (Å²) in [6.45, 7) is -0.628. The number of ether oxygens (including phenoxy) is 1.